The Balaban J connectivity index is 1.27. The predicted molar refractivity (Wildman–Crippen MR) is 133 cm³/mol. The van der Waals surface area contributed by atoms with Crippen molar-refractivity contribution in [3.8, 4) is 0 Å². The number of nitrogens with one attached hydrogen (secondary N) is 2. The molecule has 6 heteroatoms. The Morgan fingerprint density at radius 3 is 2.58 bits per heavy atom. The van der Waals surface area contributed by atoms with E-state index in [0.29, 0.717) is 10.6 Å². The quantitative estimate of drug-likeness (QED) is 0.374. The van der Waals surface area contributed by atoms with Crippen LogP contribution in [-0.2, 0) is 4.79 Å². The molecule has 0 bridgehead atoms. The van der Waals surface area contributed by atoms with Crippen LogP contribution in [0.3, 0.4) is 0 Å². The molecule has 1 aromatic heterocycles. The van der Waals surface area contributed by atoms with E-state index in [-0.39, 0.29) is 29.7 Å². The second kappa shape index (κ2) is 9.24. The number of rotatable bonds is 7. The second-order valence-electron chi connectivity index (χ2n) is 8.46. The van der Waals surface area contributed by atoms with Gasteiger partial charge in [0.2, 0.25) is 5.91 Å². The third kappa shape index (κ3) is 5.01. The molecule has 1 aliphatic carbocycles. The molecule has 1 fully saturated rings. The van der Waals surface area contributed by atoms with Gasteiger partial charge in [0.15, 0.2) is 0 Å². The minimum absolute atomic E-state index is 0.0698. The average molecular weight is 456 g/mol. The maximum atomic E-state index is 12.8. The van der Waals surface area contributed by atoms with Gasteiger partial charge in [-0.1, -0.05) is 66.4 Å². The average Bonchev–Trinajstić information content (AvgIpc) is 3.65. The number of fused-ring (bicyclic) bond motifs is 2. The van der Waals surface area contributed by atoms with Crippen LogP contribution in [0.5, 0.6) is 0 Å². The number of nitrogens with zero attached hydrogens (tertiary/aromatic N) is 1. The van der Waals surface area contributed by atoms with E-state index in [1.807, 2.05) is 43.3 Å². The minimum Gasteiger partial charge on any atom is -0.349 e. The van der Waals surface area contributed by atoms with E-state index in [1.165, 1.54) is 17.1 Å². The van der Waals surface area contributed by atoms with Crippen LogP contribution in [0.4, 0.5) is 0 Å². The first-order valence-electron chi connectivity index (χ1n) is 11.2. The molecule has 1 atom stereocenters. The van der Waals surface area contributed by atoms with E-state index in [2.05, 4.69) is 45.9 Å². The number of hydrogen-bond donors (Lipinski definition) is 2. The Kier molecular flexibility index (Phi) is 6.01. The summed E-state index contributed by atoms with van der Waals surface area (Å²) < 4.78 is 0. The van der Waals surface area contributed by atoms with Crippen LogP contribution in [0.15, 0.2) is 77.8 Å². The molecule has 0 radical (unpaired) electrons. The zero-order valence-corrected chi connectivity index (χ0v) is 19.2. The van der Waals surface area contributed by atoms with Crippen molar-refractivity contribution in [2.24, 2.45) is 0 Å². The number of carbonyl (C=O) groups excluding carboxylic acids is 2. The highest BCUT2D eigenvalue weighted by Gasteiger charge is 2.25. The number of hydrogen-bond acceptors (Lipinski definition) is 4. The lowest BCUT2D eigenvalue weighted by molar-refractivity contribution is -0.119. The van der Waals surface area contributed by atoms with Gasteiger partial charge in [-0.05, 0) is 54.3 Å². The molecule has 3 aromatic carbocycles. The number of thioether (sulfide) groups is 1. The zero-order valence-electron chi connectivity index (χ0n) is 18.4. The van der Waals surface area contributed by atoms with Crippen molar-refractivity contribution in [1.82, 2.24) is 15.6 Å². The van der Waals surface area contributed by atoms with Crippen LogP contribution in [0.1, 0.15) is 41.7 Å². The summed E-state index contributed by atoms with van der Waals surface area (Å²) in [6.45, 7) is 1.99. The van der Waals surface area contributed by atoms with Gasteiger partial charge in [0.05, 0.1) is 27.9 Å². The lowest BCUT2D eigenvalue weighted by atomic mass is 10.0. The Hall–Kier alpha value is -3.38. The molecule has 1 saturated carbocycles. The molecule has 1 aliphatic rings. The number of para-hydroxylation sites is 1. The molecule has 1 heterocycles. The van der Waals surface area contributed by atoms with E-state index in [1.54, 1.807) is 6.07 Å². The van der Waals surface area contributed by atoms with Gasteiger partial charge in [-0.2, -0.15) is 0 Å². The van der Waals surface area contributed by atoms with E-state index < -0.39 is 0 Å². The Morgan fingerprint density at radius 1 is 1.00 bits per heavy atom. The summed E-state index contributed by atoms with van der Waals surface area (Å²) in [7, 11) is 0. The summed E-state index contributed by atoms with van der Waals surface area (Å²) in [6, 6.07) is 24.0. The SMILES string of the molecule is CC(NC(=O)CSc1cc(C(=O)NC2CC2)c2ccccc2n1)c1ccc2ccccc2c1. The number of benzene rings is 3. The highest BCUT2D eigenvalue weighted by atomic mass is 32.2. The fourth-order valence-corrected chi connectivity index (χ4v) is 4.61. The molecule has 2 amide bonds. The number of carbonyl (C=O) groups is 2. The van der Waals surface area contributed by atoms with Crippen molar-refractivity contribution in [1.29, 1.82) is 0 Å². The van der Waals surface area contributed by atoms with E-state index in [4.69, 9.17) is 0 Å². The standard InChI is InChI=1S/C27H25N3O2S/c1-17(19-11-10-18-6-2-3-7-20(18)14-19)28-25(31)16-33-26-15-23(27(32)29-21-12-13-21)22-8-4-5-9-24(22)30-26/h2-11,14-15,17,21H,12-13,16H2,1H3,(H,28,31)(H,29,32). The van der Waals surface area contributed by atoms with Crippen LogP contribution in [-0.4, -0.2) is 28.6 Å². The third-order valence-electron chi connectivity index (χ3n) is 5.85. The molecule has 0 saturated heterocycles. The molecule has 2 N–H and O–H groups in total. The number of aromatic nitrogens is 1. The topological polar surface area (TPSA) is 71.1 Å². The first kappa shape index (κ1) is 21.5. The minimum atomic E-state index is -0.104. The second-order valence-corrected chi connectivity index (χ2v) is 9.45. The zero-order chi connectivity index (χ0) is 22.8. The summed E-state index contributed by atoms with van der Waals surface area (Å²) in [6.07, 6.45) is 2.07. The summed E-state index contributed by atoms with van der Waals surface area (Å²) in [5.41, 5.74) is 2.43. The lowest BCUT2D eigenvalue weighted by Gasteiger charge is -2.15. The molecule has 5 rings (SSSR count). The van der Waals surface area contributed by atoms with E-state index in [0.717, 1.165) is 34.7 Å². The normalized spacial score (nSPS) is 14.2. The van der Waals surface area contributed by atoms with Gasteiger partial charge in [-0.15, -0.1) is 0 Å². The first-order valence-corrected chi connectivity index (χ1v) is 12.2. The van der Waals surface area contributed by atoms with Crippen molar-refractivity contribution in [2.75, 3.05) is 5.75 Å². The lowest BCUT2D eigenvalue weighted by Crippen LogP contribution is -2.28. The number of pyridine rings is 1. The number of amides is 2. The van der Waals surface area contributed by atoms with Crippen molar-refractivity contribution in [3.63, 3.8) is 0 Å². The van der Waals surface area contributed by atoms with Gasteiger partial charge in [0, 0.05) is 11.4 Å². The third-order valence-corrected chi connectivity index (χ3v) is 6.76. The van der Waals surface area contributed by atoms with Crippen LogP contribution >= 0.6 is 11.8 Å². The summed E-state index contributed by atoms with van der Waals surface area (Å²) in [5.74, 6) is 0.0827. The highest BCUT2D eigenvalue weighted by molar-refractivity contribution is 7.99. The molecular weight excluding hydrogens is 430 g/mol. The highest BCUT2D eigenvalue weighted by Crippen LogP contribution is 2.26. The maximum absolute atomic E-state index is 12.8. The van der Waals surface area contributed by atoms with Crippen molar-refractivity contribution in [2.45, 2.75) is 36.9 Å². The molecule has 0 spiro atoms. The maximum Gasteiger partial charge on any atom is 0.252 e. The van der Waals surface area contributed by atoms with Gasteiger partial charge < -0.3 is 10.6 Å². The monoisotopic (exact) mass is 455 g/mol. The fourth-order valence-electron chi connectivity index (χ4n) is 3.89. The van der Waals surface area contributed by atoms with Crippen LogP contribution in [0.25, 0.3) is 21.7 Å². The van der Waals surface area contributed by atoms with Gasteiger partial charge in [-0.3, -0.25) is 9.59 Å². The molecule has 5 nitrogen and oxygen atoms in total. The fraction of sp³-hybridized carbons (Fsp3) is 0.222. The predicted octanol–water partition coefficient (Wildman–Crippen LogP) is 5.25. The van der Waals surface area contributed by atoms with Crippen LogP contribution in [0, 0.1) is 0 Å². The Labute approximate surface area is 197 Å². The molecule has 0 aliphatic heterocycles. The Morgan fingerprint density at radius 2 is 1.76 bits per heavy atom. The largest absolute Gasteiger partial charge is 0.349 e. The van der Waals surface area contributed by atoms with Crippen LogP contribution < -0.4 is 10.6 Å². The van der Waals surface area contributed by atoms with Crippen molar-refractivity contribution in [3.05, 3.63) is 83.9 Å². The first-order chi connectivity index (χ1) is 16.1. The van der Waals surface area contributed by atoms with Gasteiger partial charge >= 0.3 is 0 Å². The van der Waals surface area contributed by atoms with Crippen molar-refractivity contribution < 1.29 is 9.59 Å². The van der Waals surface area contributed by atoms with Crippen molar-refractivity contribution >= 4 is 45.3 Å². The summed E-state index contributed by atoms with van der Waals surface area (Å²) in [5, 5.41) is 9.96. The molecular formula is C27H25N3O2S. The summed E-state index contributed by atoms with van der Waals surface area (Å²) >= 11 is 1.35. The molecule has 4 aromatic rings. The van der Waals surface area contributed by atoms with Gasteiger partial charge in [0.25, 0.3) is 5.91 Å². The summed E-state index contributed by atoms with van der Waals surface area (Å²) in [4.78, 5) is 30.1. The Bertz CT molecular complexity index is 1350. The van der Waals surface area contributed by atoms with E-state index in [9.17, 15) is 9.59 Å². The molecule has 33 heavy (non-hydrogen) atoms. The smallest absolute Gasteiger partial charge is 0.252 e. The van der Waals surface area contributed by atoms with E-state index >= 15 is 0 Å². The molecule has 166 valence electrons. The van der Waals surface area contributed by atoms with Gasteiger partial charge in [-0.25, -0.2) is 4.98 Å². The van der Waals surface area contributed by atoms with Gasteiger partial charge in [0.1, 0.15) is 0 Å². The molecule has 1 unspecified atom stereocenters. The van der Waals surface area contributed by atoms with Crippen LogP contribution in [0.2, 0.25) is 0 Å².